The van der Waals surface area contributed by atoms with Crippen molar-refractivity contribution < 1.29 is 14.5 Å². The summed E-state index contributed by atoms with van der Waals surface area (Å²) in [5.41, 5.74) is -0.364. The summed E-state index contributed by atoms with van der Waals surface area (Å²) in [5.74, 6) is -0.677. The third kappa shape index (κ3) is 2.62. The number of rotatable bonds is 4. The van der Waals surface area contributed by atoms with Gasteiger partial charge in [0.25, 0.3) is 5.69 Å². The van der Waals surface area contributed by atoms with Gasteiger partial charge >= 0.3 is 0 Å². The number of nitro groups is 1. The van der Waals surface area contributed by atoms with E-state index in [9.17, 15) is 14.9 Å². The number of hydrogen-bond donors (Lipinski definition) is 0. The van der Waals surface area contributed by atoms with E-state index in [4.69, 9.17) is 16.3 Å². The number of carbonyl (C=O) groups excluding carboxylic acids is 1. The van der Waals surface area contributed by atoms with Crippen molar-refractivity contribution in [1.82, 2.24) is 0 Å². The lowest BCUT2D eigenvalue weighted by molar-refractivity contribution is -0.385. The molecule has 0 aliphatic rings. The van der Waals surface area contributed by atoms with Gasteiger partial charge in [-0.25, -0.2) is 0 Å². The Hall–Kier alpha value is -0.890. The predicted molar refractivity (Wildman–Crippen MR) is 67.4 cm³/mol. The lowest BCUT2D eigenvalue weighted by atomic mass is 10.1. The van der Waals surface area contributed by atoms with Gasteiger partial charge in [-0.15, -0.1) is 11.6 Å². The minimum absolute atomic E-state index is 0.0806. The molecule has 0 aliphatic heterocycles. The topological polar surface area (TPSA) is 69.4 Å². The Morgan fingerprint density at radius 2 is 2.25 bits per heavy atom. The van der Waals surface area contributed by atoms with Crippen LogP contribution in [0.3, 0.4) is 0 Å². The van der Waals surface area contributed by atoms with Gasteiger partial charge in [-0.1, -0.05) is 0 Å². The third-order valence-electron chi connectivity index (χ3n) is 1.86. The molecule has 0 aliphatic carbocycles. The number of Topliss-reactive ketones (excluding diaryl/α,β-unsaturated/α-hetero) is 1. The zero-order valence-corrected chi connectivity index (χ0v) is 11.1. The molecule has 0 saturated carbocycles. The molecule has 0 saturated heterocycles. The van der Waals surface area contributed by atoms with Crippen LogP contribution in [0, 0.1) is 13.7 Å². The van der Waals surface area contributed by atoms with E-state index >= 15 is 0 Å². The summed E-state index contributed by atoms with van der Waals surface area (Å²) in [6.07, 6.45) is 0. The molecule has 7 heteroatoms. The van der Waals surface area contributed by atoms with Crippen LogP contribution in [0.2, 0.25) is 0 Å². The van der Waals surface area contributed by atoms with Crippen molar-refractivity contribution in [2.45, 2.75) is 0 Å². The predicted octanol–water partition coefficient (Wildman–Crippen LogP) is 2.63. The zero-order valence-electron chi connectivity index (χ0n) is 8.20. The Morgan fingerprint density at radius 3 is 2.69 bits per heavy atom. The molecule has 0 bridgehead atoms. The fraction of sp³-hybridized carbons (Fsp3) is 0.222. The van der Waals surface area contributed by atoms with Crippen LogP contribution >= 0.6 is 34.2 Å². The highest BCUT2D eigenvalue weighted by Gasteiger charge is 2.25. The number of hydrogen-bond acceptors (Lipinski definition) is 4. The fourth-order valence-corrected chi connectivity index (χ4v) is 1.93. The molecule has 0 spiro atoms. The first-order chi connectivity index (χ1) is 7.51. The summed E-state index contributed by atoms with van der Waals surface area (Å²) in [6, 6.07) is 2.86. The average Bonchev–Trinajstić information content (AvgIpc) is 2.26. The number of nitrogens with zero attached hydrogens (tertiary/aromatic N) is 1. The average molecular weight is 356 g/mol. The van der Waals surface area contributed by atoms with Gasteiger partial charge in [0.05, 0.1) is 17.9 Å². The highest BCUT2D eigenvalue weighted by Crippen LogP contribution is 2.31. The Labute approximate surface area is 110 Å². The minimum Gasteiger partial charge on any atom is -0.496 e. The third-order valence-corrected chi connectivity index (χ3v) is 2.73. The largest absolute Gasteiger partial charge is 0.496 e. The number of ketones is 1. The first kappa shape index (κ1) is 13.2. The first-order valence-corrected chi connectivity index (χ1v) is 5.73. The molecule has 0 heterocycles. The van der Waals surface area contributed by atoms with Gasteiger partial charge in [0.1, 0.15) is 11.3 Å². The van der Waals surface area contributed by atoms with Crippen LogP contribution in [-0.2, 0) is 0 Å². The van der Waals surface area contributed by atoms with E-state index in [1.54, 1.807) is 6.07 Å². The molecule has 1 aromatic rings. The summed E-state index contributed by atoms with van der Waals surface area (Å²) >= 11 is 7.31. The normalized spacial score (nSPS) is 9.94. The van der Waals surface area contributed by atoms with Crippen molar-refractivity contribution >= 4 is 45.7 Å². The molecule has 1 rings (SSSR count). The monoisotopic (exact) mass is 355 g/mol. The molecule has 0 atom stereocenters. The fourth-order valence-electron chi connectivity index (χ4n) is 1.22. The lowest BCUT2D eigenvalue weighted by Crippen LogP contribution is -2.08. The van der Waals surface area contributed by atoms with Crippen molar-refractivity contribution in [2.24, 2.45) is 0 Å². The maximum absolute atomic E-state index is 11.5. The van der Waals surface area contributed by atoms with Crippen molar-refractivity contribution in [3.05, 3.63) is 31.4 Å². The Bertz CT molecular complexity index is 449. The second-order valence-corrected chi connectivity index (χ2v) is 4.33. The first-order valence-electron chi connectivity index (χ1n) is 4.12. The molecule has 0 aromatic heterocycles. The van der Waals surface area contributed by atoms with Gasteiger partial charge in [-0.3, -0.25) is 14.9 Å². The number of halogens is 2. The molecule has 0 fully saturated rings. The summed E-state index contributed by atoms with van der Waals surface area (Å²) < 4.78 is 5.57. The number of nitro benzene ring substituents is 1. The van der Waals surface area contributed by atoms with Crippen LogP contribution in [0.25, 0.3) is 0 Å². The zero-order chi connectivity index (χ0) is 12.3. The van der Waals surface area contributed by atoms with Gasteiger partial charge in [0, 0.05) is 9.64 Å². The number of carbonyl (C=O) groups is 1. The van der Waals surface area contributed by atoms with Crippen LogP contribution in [0.4, 0.5) is 5.69 Å². The minimum atomic E-state index is -0.621. The second kappa shape index (κ2) is 5.44. The van der Waals surface area contributed by atoms with E-state index in [2.05, 4.69) is 0 Å². The smallest absolute Gasteiger partial charge is 0.285 e. The van der Waals surface area contributed by atoms with Gasteiger partial charge in [-0.05, 0) is 28.7 Å². The van der Waals surface area contributed by atoms with E-state index in [1.807, 2.05) is 22.6 Å². The number of alkyl halides is 1. The molecule has 1 aromatic carbocycles. The molecular formula is C9H7ClINO4. The van der Waals surface area contributed by atoms with E-state index < -0.39 is 10.7 Å². The van der Waals surface area contributed by atoms with Gasteiger partial charge in [0.2, 0.25) is 0 Å². The van der Waals surface area contributed by atoms with Crippen LogP contribution in [-0.4, -0.2) is 23.7 Å². The van der Waals surface area contributed by atoms with Gasteiger partial charge in [-0.2, -0.15) is 0 Å². The standard InChI is InChI=1S/C9H7ClINO4/c1-16-8-3-5(11)2-6(12(14)15)9(8)7(13)4-10/h2-3H,4H2,1H3. The van der Waals surface area contributed by atoms with Crippen LogP contribution in [0.5, 0.6) is 5.75 Å². The van der Waals surface area contributed by atoms with Crippen LogP contribution in [0.1, 0.15) is 10.4 Å². The Kier molecular flexibility index (Phi) is 4.48. The lowest BCUT2D eigenvalue weighted by Gasteiger charge is -2.07. The highest BCUT2D eigenvalue weighted by atomic mass is 127. The molecule has 86 valence electrons. The quantitative estimate of drug-likeness (QED) is 0.274. The number of ether oxygens (including phenoxy) is 1. The molecular weight excluding hydrogens is 348 g/mol. The molecule has 0 unspecified atom stereocenters. The van der Waals surface area contributed by atoms with Crippen molar-refractivity contribution in [3.63, 3.8) is 0 Å². The van der Waals surface area contributed by atoms with E-state index in [0.717, 1.165) is 0 Å². The maximum atomic E-state index is 11.5. The second-order valence-electron chi connectivity index (χ2n) is 2.82. The van der Waals surface area contributed by atoms with Crippen LogP contribution < -0.4 is 4.74 Å². The van der Waals surface area contributed by atoms with Crippen molar-refractivity contribution in [1.29, 1.82) is 0 Å². The van der Waals surface area contributed by atoms with E-state index in [-0.39, 0.29) is 22.9 Å². The number of methoxy groups -OCH3 is 1. The van der Waals surface area contributed by atoms with Crippen LogP contribution in [0.15, 0.2) is 12.1 Å². The van der Waals surface area contributed by atoms with Gasteiger partial charge in [0.15, 0.2) is 5.78 Å². The Balaban J connectivity index is 3.51. The maximum Gasteiger partial charge on any atom is 0.285 e. The molecule has 0 N–H and O–H groups in total. The Morgan fingerprint density at radius 1 is 1.62 bits per heavy atom. The summed E-state index contributed by atoms with van der Waals surface area (Å²) in [6.45, 7) is 0. The SMILES string of the molecule is COc1cc(I)cc([N+](=O)[O-])c1C(=O)CCl. The van der Waals surface area contributed by atoms with Gasteiger partial charge < -0.3 is 4.74 Å². The van der Waals surface area contributed by atoms with E-state index in [1.165, 1.54) is 13.2 Å². The highest BCUT2D eigenvalue weighted by molar-refractivity contribution is 14.1. The van der Waals surface area contributed by atoms with E-state index in [0.29, 0.717) is 3.57 Å². The summed E-state index contributed by atoms with van der Waals surface area (Å²) in [5, 5.41) is 10.8. The van der Waals surface area contributed by atoms with Crippen molar-refractivity contribution in [3.8, 4) is 5.75 Å². The molecule has 16 heavy (non-hydrogen) atoms. The summed E-state index contributed by atoms with van der Waals surface area (Å²) in [7, 11) is 1.35. The molecule has 0 radical (unpaired) electrons. The molecule has 5 nitrogen and oxygen atoms in total. The number of benzene rings is 1. The molecule has 0 amide bonds. The summed E-state index contributed by atoms with van der Waals surface area (Å²) in [4.78, 5) is 21.7. The van der Waals surface area contributed by atoms with Crippen molar-refractivity contribution in [2.75, 3.05) is 13.0 Å².